The van der Waals surface area contributed by atoms with Crippen molar-refractivity contribution in [1.29, 1.82) is 0 Å². The van der Waals surface area contributed by atoms with Crippen LogP contribution in [-0.4, -0.2) is 40.2 Å². The molecular weight excluding hydrogens is 442 g/mol. The van der Waals surface area contributed by atoms with Gasteiger partial charge in [0.1, 0.15) is 6.54 Å². The van der Waals surface area contributed by atoms with E-state index in [1.165, 1.54) is 0 Å². The first-order chi connectivity index (χ1) is 13.3. The van der Waals surface area contributed by atoms with Gasteiger partial charge in [-0.15, -0.1) is 0 Å². The van der Waals surface area contributed by atoms with E-state index >= 15 is 0 Å². The van der Waals surface area contributed by atoms with Gasteiger partial charge >= 0.3 is 0 Å². The van der Waals surface area contributed by atoms with Gasteiger partial charge in [0.15, 0.2) is 0 Å². The van der Waals surface area contributed by atoms with Gasteiger partial charge in [-0.3, -0.25) is 9.10 Å². The Morgan fingerprint density at radius 2 is 1.64 bits per heavy atom. The SMILES string of the molecule is CCN(CC)c1ccc(CNC(=O)CN(c2ccccc2Br)S(C)(=O)=O)cc1. The van der Waals surface area contributed by atoms with Crippen molar-refractivity contribution in [2.75, 3.05) is 35.1 Å². The number of hydrogen-bond acceptors (Lipinski definition) is 4. The summed E-state index contributed by atoms with van der Waals surface area (Å²) in [5.41, 5.74) is 2.53. The second-order valence-electron chi connectivity index (χ2n) is 6.34. The Labute approximate surface area is 175 Å². The van der Waals surface area contributed by atoms with E-state index < -0.39 is 10.0 Å². The second kappa shape index (κ2) is 9.93. The first-order valence-electron chi connectivity index (χ1n) is 9.09. The Bertz CT molecular complexity index is 897. The molecule has 0 fully saturated rings. The van der Waals surface area contributed by atoms with Gasteiger partial charge in [-0.05, 0) is 59.6 Å². The molecule has 28 heavy (non-hydrogen) atoms. The smallest absolute Gasteiger partial charge is 0.241 e. The Hall–Kier alpha value is -2.06. The van der Waals surface area contributed by atoms with Crippen LogP contribution in [0.1, 0.15) is 19.4 Å². The number of rotatable bonds is 9. The summed E-state index contributed by atoms with van der Waals surface area (Å²) >= 11 is 3.34. The molecule has 2 aromatic carbocycles. The van der Waals surface area contributed by atoms with Crippen LogP contribution in [0.4, 0.5) is 11.4 Å². The molecule has 0 aliphatic carbocycles. The van der Waals surface area contributed by atoms with E-state index in [-0.39, 0.29) is 12.5 Å². The molecule has 0 atom stereocenters. The number of anilines is 2. The number of carbonyl (C=O) groups excluding carboxylic acids is 1. The zero-order valence-electron chi connectivity index (χ0n) is 16.4. The molecule has 0 spiro atoms. The number of amides is 1. The highest BCUT2D eigenvalue weighted by atomic mass is 79.9. The molecule has 0 bridgehead atoms. The summed E-state index contributed by atoms with van der Waals surface area (Å²) < 4.78 is 26.0. The predicted octanol–water partition coefficient (Wildman–Crippen LogP) is 3.38. The number of sulfonamides is 1. The summed E-state index contributed by atoms with van der Waals surface area (Å²) in [5, 5.41) is 2.79. The maximum atomic E-state index is 12.4. The van der Waals surface area contributed by atoms with E-state index in [4.69, 9.17) is 0 Å². The highest BCUT2D eigenvalue weighted by Crippen LogP contribution is 2.27. The van der Waals surface area contributed by atoms with Gasteiger partial charge < -0.3 is 10.2 Å². The van der Waals surface area contributed by atoms with Gasteiger partial charge in [0.25, 0.3) is 0 Å². The summed E-state index contributed by atoms with van der Waals surface area (Å²) in [6, 6.07) is 14.9. The molecule has 0 saturated carbocycles. The molecule has 0 heterocycles. The molecule has 6 nitrogen and oxygen atoms in total. The monoisotopic (exact) mass is 467 g/mol. The third-order valence-electron chi connectivity index (χ3n) is 4.36. The fourth-order valence-electron chi connectivity index (χ4n) is 2.84. The second-order valence-corrected chi connectivity index (χ2v) is 9.10. The van der Waals surface area contributed by atoms with Crippen LogP contribution in [0.5, 0.6) is 0 Å². The van der Waals surface area contributed by atoms with Gasteiger partial charge in [0, 0.05) is 29.8 Å². The molecule has 0 aliphatic heterocycles. The normalized spacial score (nSPS) is 11.1. The number of para-hydroxylation sites is 1. The van der Waals surface area contributed by atoms with E-state index in [0.29, 0.717) is 16.7 Å². The van der Waals surface area contributed by atoms with Crippen molar-refractivity contribution >= 4 is 43.2 Å². The minimum Gasteiger partial charge on any atom is -0.372 e. The Morgan fingerprint density at radius 1 is 1.04 bits per heavy atom. The van der Waals surface area contributed by atoms with Crippen LogP contribution in [0.3, 0.4) is 0 Å². The molecule has 0 radical (unpaired) electrons. The number of hydrogen-bond donors (Lipinski definition) is 1. The summed E-state index contributed by atoms with van der Waals surface area (Å²) in [7, 11) is -3.60. The quantitative estimate of drug-likeness (QED) is 0.613. The first-order valence-corrected chi connectivity index (χ1v) is 11.7. The molecule has 0 unspecified atom stereocenters. The van der Waals surface area contributed by atoms with E-state index in [9.17, 15) is 13.2 Å². The van der Waals surface area contributed by atoms with Crippen LogP contribution < -0.4 is 14.5 Å². The minimum absolute atomic E-state index is 0.279. The number of halogens is 1. The maximum Gasteiger partial charge on any atom is 0.241 e. The summed E-state index contributed by atoms with van der Waals surface area (Å²) in [5.74, 6) is -0.367. The predicted molar refractivity (Wildman–Crippen MR) is 118 cm³/mol. The van der Waals surface area contributed by atoms with Crippen LogP contribution >= 0.6 is 15.9 Å². The maximum absolute atomic E-state index is 12.4. The highest BCUT2D eigenvalue weighted by Gasteiger charge is 2.22. The van der Waals surface area contributed by atoms with Gasteiger partial charge in [-0.1, -0.05) is 24.3 Å². The van der Waals surface area contributed by atoms with Crippen LogP contribution in [0.15, 0.2) is 53.0 Å². The molecule has 1 amide bonds. The summed E-state index contributed by atoms with van der Waals surface area (Å²) in [4.78, 5) is 14.6. The molecule has 8 heteroatoms. The highest BCUT2D eigenvalue weighted by molar-refractivity contribution is 9.10. The topological polar surface area (TPSA) is 69.7 Å². The van der Waals surface area contributed by atoms with Crippen LogP contribution in [0.25, 0.3) is 0 Å². The van der Waals surface area contributed by atoms with Crippen molar-refractivity contribution < 1.29 is 13.2 Å². The van der Waals surface area contributed by atoms with Crippen molar-refractivity contribution in [2.24, 2.45) is 0 Å². The third kappa shape index (κ3) is 5.97. The Morgan fingerprint density at radius 3 is 2.18 bits per heavy atom. The average molecular weight is 468 g/mol. The van der Waals surface area contributed by atoms with Crippen molar-refractivity contribution in [3.63, 3.8) is 0 Å². The lowest BCUT2D eigenvalue weighted by Gasteiger charge is -2.23. The first kappa shape index (κ1) is 22.2. The molecule has 0 aromatic heterocycles. The van der Waals surface area contributed by atoms with Crippen molar-refractivity contribution in [3.8, 4) is 0 Å². The fraction of sp³-hybridized carbons (Fsp3) is 0.350. The minimum atomic E-state index is -3.60. The average Bonchev–Trinajstić information content (AvgIpc) is 2.66. The molecule has 2 aromatic rings. The van der Waals surface area contributed by atoms with Crippen molar-refractivity contribution in [3.05, 3.63) is 58.6 Å². The van der Waals surface area contributed by atoms with Crippen LogP contribution in [-0.2, 0) is 21.4 Å². The lowest BCUT2D eigenvalue weighted by Crippen LogP contribution is -2.40. The number of carbonyl (C=O) groups is 1. The molecule has 152 valence electrons. The van der Waals surface area contributed by atoms with E-state index in [1.807, 2.05) is 24.3 Å². The van der Waals surface area contributed by atoms with Crippen LogP contribution in [0, 0.1) is 0 Å². The molecule has 2 rings (SSSR count). The zero-order valence-corrected chi connectivity index (χ0v) is 18.8. The lowest BCUT2D eigenvalue weighted by molar-refractivity contribution is -0.119. The molecular formula is C20H26BrN3O3S. The van der Waals surface area contributed by atoms with Crippen molar-refractivity contribution in [2.45, 2.75) is 20.4 Å². The van der Waals surface area contributed by atoms with Gasteiger partial charge in [0.05, 0.1) is 11.9 Å². The van der Waals surface area contributed by atoms with Crippen molar-refractivity contribution in [1.82, 2.24) is 5.32 Å². The Kier molecular flexibility index (Phi) is 7.88. The van der Waals surface area contributed by atoms with Gasteiger partial charge in [-0.2, -0.15) is 0 Å². The lowest BCUT2D eigenvalue weighted by atomic mass is 10.2. The summed E-state index contributed by atoms with van der Waals surface area (Å²) in [6.45, 7) is 6.14. The summed E-state index contributed by atoms with van der Waals surface area (Å²) in [6.07, 6.45) is 1.09. The van der Waals surface area contributed by atoms with Gasteiger partial charge in [0.2, 0.25) is 15.9 Å². The van der Waals surface area contributed by atoms with E-state index in [1.54, 1.807) is 24.3 Å². The zero-order chi connectivity index (χ0) is 20.7. The molecule has 1 N–H and O–H groups in total. The standard InChI is InChI=1S/C20H26BrN3O3S/c1-4-23(5-2)17-12-10-16(11-13-17)14-22-20(25)15-24(28(3,26)27)19-9-7-6-8-18(19)21/h6-13H,4-5,14-15H2,1-3H3,(H,22,25). The number of benzene rings is 2. The van der Waals surface area contributed by atoms with E-state index in [2.05, 4.69) is 40.0 Å². The number of nitrogens with zero attached hydrogens (tertiary/aromatic N) is 2. The molecule has 0 aliphatic rings. The van der Waals surface area contributed by atoms with E-state index in [0.717, 1.165) is 34.9 Å². The third-order valence-corrected chi connectivity index (χ3v) is 6.16. The fourth-order valence-corrected chi connectivity index (χ4v) is 4.32. The Balaban J connectivity index is 2.03. The molecule has 0 saturated heterocycles. The van der Waals surface area contributed by atoms with Gasteiger partial charge in [-0.25, -0.2) is 8.42 Å². The number of nitrogens with one attached hydrogen (secondary N) is 1. The van der Waals surface area contributed by atoms with Crippen LogP contribution in [0.2, 0.25) is 0 Å². The largest absolute Gasteiger partial charge is 0.372 e.